The molecule has 7 nitrogen and oxygen atoms in total. The van der Waals surface area contributed by atoms with Gasteiger partial charge in [0.15, 0.2) is 17.5 Å². The van der Waals surface area contributed by atoms with Gasteiger partial charge in [-0.05, 0) is 9.91 Å². The van der Waals surface area contributed by atoms with Crippen LogP contribution in [-0.2, 0) is 4.74 Å². The molecule has 0 fully saturated rings. The highest BCUT2D eigenvalue weighted by molar-refractivity contribution is 5.93. The van der Waals surface area contributed by atoms with Gasteiger partial charge in [-0.2, -0.15) is 0 Å². The maximum Gasteiger partial charge on any atom is 0.378 e. The predicted octanol–water partition coefficient (Wildman–Crippen LogP) is 0.482. The van der Waals surface area contributed by atoms with Gasteiger partial charge in [-0.25, -0.2) is 4.79 Å². The van der Waals surface area contributed by atoms with Crippen molar-refractivity contribution in [2.24, 2.45) is 0 Å². The first kappa shape index (κ1) is 9.90. The zero-order chi connectivity index (χ0) is 10.7. The lowest BCUT2D eigenvalue weighted by molar-refractivity contribution is -0.389. The zero-order valence-corrected chi connectivity index (χ0v) is 7.13. The van der Waals surface area contributed by atoms with Gasteiger partial charge in [0.05, 0.1) is 7.11 Å². The number of methoxy groups -OCH3 is 1. The lowest BCUT2D eigenvalue weighted by Gasteiger charge is -1.99. The summed E-state index contributed by atoms with van der Waals surface area (Å²) in [5.41, 5.74) is -0.377. The maximum absolute atomic E-state index is 11.0. The summed E-state index contributed by atoms with van der Waals surface area (Å²) in [6, 6.07) is 0.928. The third-order valence-corrected chi connectivity index (χ3v) is 1.43. The van der Waals surface area contributed by atoms with Gasteiger partial charge < -0.3 is 20.0 Å². The van der Waals surface area contributed by atoms with Crippen LogP contribution >= 0.6 is 0 Å². The first-order chi connectivity index (χ1) is 6.56. The van der Waals surface area contributed by atoms with Crippen LogP contribution in [-0.4, -0.2) is 28.1 Å². The molecule has 1 heterocycles. The second-order valence-corrected chi connectivity index (χ2v) is 2.31. The molecule has 0 saturated heterocycles. The molecule has 0 aliphatic heterocycles. The summed E-state index contributed by atoms with van der Waals surface area (Å²) < 4.78 is 4.29. The van der Waals surface area contributed by atoms with Crippen molar-refractivity contribution in [3.63, 3.8) is 0 Å². The summed E-state index contributed by atoms with van der Waals surface area (Å²) in [7, 11) is 1.08. The molecule has 0 amide bonds. The Labute approximate surface area is 78.1 Å². The number of pyridine rings is 1. The van der Waals surface area contributed by atoms with Crippen molar-refractivity contribution in [3.8, 4) is 5.75 Å². The van der Waals surface area contributed by atoms with Gasteiger partial charge in [-0.15, -0.1) is 0 Å². The summed E-state index contributed by atoms with van der Waals surface area (Å²) in [6.45, 7) is 0. The number of esters is 1. The molecule has 0 aliphatic carbocycles. The van der Waals surface area contributed by atoms with E-state index in [1.165, 1.54) is 0 Å². The number of nitrogens with zero attached hydrogens (tertiary/aromatic N) is 2. The molecule has 1 N–H and O–H groups in total. The normalized spacial score (nSPS) is 9.50. The summed E-state index contributed by atoms with van der Waals surface area (Å²) >= 11 is 0. The number of nitro groups is 1. The predicted molar refractivity (Wildman–Crippen MR) is 43.9 cm³/mol. The van der Waals surface area contributed by atoms with Crippen molar-refractivity contribution in [2.75, 3.05) is 7.11 Å². The average Bonchev–Trinajstić information content (AvgIpc) is 2.16. The van der Waals surface area contributed by atoms with E-state index in [2.05, 4.69) is 9.72 Å². The first-order valence-corrected chi connectivity index (χ1v) is 3.48. The lowest BCUT2D eigenvalue weighted by atomic mass is 10.2. The molecule has 0 spiro atoms. The molecule has 1 aromatic heterocycles. The molecule has 0 radical (unpaired) electrons. The van der Waals surface area contributed by atoms with Crippen molar-refractivity contribution >= 4 is 11.8 Å². The molecule has 0 aromatic carbocycles. The minimum Gasteiger partial charge on any atom is -0.504 e. The fourth-order valence-corrected chi connectivity index (χ4v) is 0.852. The number of aromatic hydroxyl groups is 1. The first-order valence-electron chi connectivity index (χ1n) is 3.48. The second kappa shape index (κ2) is 3.69. The van der Waals surface area contributed by atoms with Crippen molar-refractivity contribution in [1.82, 2.24) is 4.98 Å². The van der Waals surface area contributed by atoms with E-state index in [0.717, 1.165) is 19.4 Å². The lowest BCUT2D eigenvalue weighted by Crippen LogP contribution is -2.06. The third kappa shape index (κ3) is 1.76. The molecule has 1 aromatic rings. The van der Waals surface area contributed by atoms with E-state index in [4.69, 9.17) is 5.11 Å². The Morgan fingerprint density at radius 1 is 1.71 bits per heavy atom. The molecule has 0 bridgehead atoms. The molecule has 14 heavy (non-hydrogen) atoms. The fourth-order valence-electron chi connectivity index (χ4n) is 0.852. The van der Waals surface area contributed by atoms with E-state index in [1.54, 1.807) is 0 Å². The number of hydrogen-bond donors (Lipinski definition) is 1. The van der Waals surface area contributed by atoms with E-state index in [1.807, 2.05) is 0 Å². The highest BCUT2D eigenvalue weighted by Crippen LogP contribution is 2.20. The Morgan fingerprint density at radius 2 is 2.36 bits per heavy atom. The average molecular weight is 198 g/mol. The van der Waals surface area contributed by atoms with Crippen molar-refractivity contribution < 1.29 is 19.6 Å². The van der Waals surface area contributed by atoms with Crippen LogP contribution in [0.15, 0.2) is 12.3 Å². The van der Waals surface area contributed by atoms with E-state index >= 15 is 0 Å². The Hall–Kier alpha value is -2.18. The summed E-state index contributed by atoms with van der Waals surface area (Å²) in [5, 5.41) is 19.4. The van der Waals surface area contributed by atoms with Gasteiger partial charge in [0.1, 0.15) is 0 Å². The molecule has 0 atom stereocenters. The number of rotatable bonds is 2. The van der Waals surface area contributed by atoms with Crippen LogP contribution in [0.3, 0.4) is 0 Å². The Balaban J connectivity index is 3.29. The molecule has 7 heteroatoms. The standard InChI is InChI=1S/C7H6N2O5/c1-14-7(11)5-2-4(10)3-8-6(5)9(12)13/h2-3,10H,1H3. The minimum atomic E-state index is -0.917. The molecular weight excluding hydrogens is 192 g/mol. The number of hydrogen-bond acceptors (Lipinski definition) is 6. The molecule has 0 saturated carbocycles. The van der Waals surface area contributed by atoms with Crippen molar-refractivity contribution in [2.45, 2.75) is 0 Å². The molecule has 1 rings (SSSR count). The SMILES string of the molecule is COC(=O)c1cc(O)cnc1[N+](=O)[O-]. The Morgan fingerprint density at radius 3 is 2.86 bits per heavy atom. The van der Waals surface area contributed by atoms with Crippen LogP contribution in [0.1, 0.15) is 10.4 Å². The largest absolute Gasteiger partial charge is 0.504 e. The van der Waals surface area contributed by atoms with Gasteiger partial charge in [-0.3, -0.25) is 0 Å². The van der Waals surface area contributed by atoms with Crippen LogP contribution in [0.5, 0.6) is 5.75 Å². The number of carbonyl (C=O) groups is 1. The van der Waals surface area contributed by atoms with Gasteiger partial charge in [-0.1, -0.05) is 0 Å². The van der Waals surface area contributed by atoms with E-state index in [9.17, 15) is 14.9 Å². The maximum atomic E-state index is 11.0. The zero-order valence-electron chi connectivity index (χ0n) is 7.13. The van der Waals surface area contributed by atoms with Gasteiger partial charge in [0.25, 0.3) is 0 Å². The quantitative estimate of drug-likeness (QED) is 0.421. The Kier molecular flexibility index (Phi) is 2.61. The van der Waals surface area contributed by atoms with Crippen molar-refractivity contribution in [3.05, 3.63) is 27.9 Å². The molecule has 74 valence electrons. The highest BCUT2D eigenvalue weighted by atomic mass is 16.6. The van der Waals surface area contributed by atoms with Crippen LogP contribution in [0.2, 0.25) is 0 Å². The van der Waals surface area contributed by atoms with E-state index < -0.39 is 16.7 Å². The smallest absolute Gasteiger partial charge is 0.378 e. The summed E-state index contributed by atoms with van der Waals surface area (Å²) in [5.74, 6) is -1.90. The summed E-state index contributed by atoms with van der Waals surface area (Å²) in [6.07, 6.45) is 0.880. The van der Waals surface area contributed by atoms with Gasteiger partial charge in [0, 0.05) is 6.07 Å². The van der Waals surface area contributed by atoms with Crippen LogP contribution in [0.4, 0.5) is 5.82 Å². The van der Waals surface area contributed by atoms with Gasteiger partial charge in [0.2, 0.25) is 0 Å². The van der Waals surface area contributed by atoms with E-state index in [-0.39, 0.29) is 11.3 Å². The minimum absolute atomic E-state index is 0.337. The number of ether oxygens (including phenoxy) is 1. The van der Waals surface area contributed by atoms with Crippen molar-refractivity contribution in [1.29, 1.82) is 0 Å². The van der Waals surface area contributed by atoms with E-state index in [0.29, 0.717) is 0 Å². The fraction of sp³-hybridized carbons (Fsp3) is 0.143. The summed E-state index contributed by atoms with van der Waals surface area (Å²) in [4.78, 5) is 23.9. The second-order valence-electron chi connectivity index (χ2n) is 2.31. The monoisotopic (exact) mass is 198 g/mol. The molecule has 0 unspecified atom stereocenters. The Bertz CT molecular complexity index is 390. The molecular formula is C7H6N2O5. The van der Waals surface area contributed by atoms with Gasteiger partial charge >= 0.3 is 11.8 Å². The van der Waals surface area contributed by atoms with Crippen LogP contribution in [0, 0.1) is 10.1 Å². The highest BCUT2D eigenvalue weighted by Gasteiger charge is 2.22. The molecule has 0 aliphatic rings. The third-order valence-electron chi connectivity index (χ3n) is 1.43. The van der Waals surface area contributed by atoms with Crippen LogP contribution < -0.4 is 0 Å². The number of carbonyl (C=O) groups excluding carboxylic acids is 1. The topological polar surface area (TPSA) is 103 Å². The number of aromatic nitrogens is 1. The van der Waals surface area contributed by atoms with Crippen LogP contribution in [0.25, 0.3) is 0 Å².